The molecule has 0 aliphatic rings. The van der Waals surface area contributed by atoms with Gasteiger partial charge in [0.05, 0.1) is 0 Å². The number of nitrogens with one attached hydrogen (secondary N) is 1. The van der Waals surface area contributed by atoms with E-state index in [0.29, 0.717) is 11.4 Å². The number of rotatable bonds is 5. The van der Waals surface area contributed by atoms with Crippen molar-refractivity contribution in [3.63, 3.8) is 0 Å². The van der Waals surface area contributed by atoms with Crippen LogP contribution in [0.5, 0.6) is 0 Å². The van der Waals surface area contributed by atoms with E-state index in [0.717, 1.165) is 17.0 Å². The number of hydrogen-bond donors (Lipinski definition) is 2. The van der Waals surface area contributed by atoms with Crippen LogP contribution in [0.1, 0.15) is 25.7 Å². The summed E-state index contributed by atoms with van der Waals surface area (Å²) in [6.07, 6.45) is 0. The summed E-state index contributed by atoms with van der Waals surface area (Å²) in [6.45, 7) is 3.44. The van der Waals surface area contributed by atoms with Crippen molar-refractivity contribution in [3.8, 4) is 0 Å². The molecule has 2 rings (SSSR count). The number of aromatic carboxylic acids is 1. The summed E-state index contributed by atoms with van der Waals surface area (Å²) in [7, 11) is 0. The van der Waals surface area contributed by atoms with E-state index in [2.05, 4.69) is 17.4 Å². The summed E-state index contributed by atoms with van der Waals surface area (Å²) in [5.41, 5.74) is 2.29. The summed E-state index contributed by atoms with van der Waals surface area (Å²) in [6, 6.07) is 11.9. The Hall–Kier alpha value is -1.65. The van der Waals surface area contributed by atoms with Crippen LogP contribution in [0.15, 0.2) is 36.4 Å². The fourth-order valence-corrected chi connectivity index (χ4v) is 2.62. The Morgan fingerprint density at radius 1 is 1.28 bits per heavy atom. The van der Waals surface area contributed by atoms with Gasteiger partial charge in [-0.25, -0.2) is 4.79 Å². The van der Waals surface area contributed by atoms with Gasteiger partial charge in [-0.3, -0.25) is 0 Å². The molecule has 4 heteroatoms. The van der Waals surface area contributed by atoms with Crippen LogP contribution in [-0.2, 0) is 13.1 Å². The average Bonchev–Trinajstić information content (AvgIpc) is 2.73. The second-order valence-electron chi connectivity index (χ2n) is 4.09. The van der Waals surface area contributed by atoms with Crippen molar-refractivity contribution in [1.29, 1.82) is 0 Å². The van der Waals surface area contributed by atoms with Gasteiger partial charge in [0.25, 0.3) is 0 Å². The molecule has 0 radical (unpaired) electrons. The van der Waals surface area contributed by atoms with Crippen molar-refractivity contribution in [3.05, 3.63) is 57.3 Å². The van der Waals surface area contributed by atoms with Gasteiger partial charge in [0.15, 0.2) is 0 Å². The summed E-state index contributed by atoms with van der Waals surface area (Å²) < 4.78 is 0. The molecule has 0 aliphatic carbocycles. The third-order valence-electron chi connectivity index (χ3n) is 2.72. The smallest absolute Gasteiger partial charge is 0.345 e. The maximum Gasteiger partial charge on any atom is 0.345 e. The predicted molar refractivity (Wildman–Crippen MR) is 73.0 cm³/mol. The maximum absolute atomic E-state index is 10.9. The Balaban J connectivity index is 1.92. The highest BCUT2D eigenvalue weighted by Crippen LogP contribution is 2.21. The average molecular weight is 261 g/mol. The Labute approximate surface area is 110 Å². The zero-order valence-electron chi connectivity index (χ0n) is 10.1. The number of carbonyl (C=O) groups is 1. The van der Waals surface area contributed by atoms with Gasteiger partial charge in [0.2, 0.25) is 0 Å². The van der Waals surface area contributed by atoms with E-state index in [1.165, 1.54) is 16.9 Å². The molecule has 0 fully saturated rings. The molecule has 2 aromatic rings. The SMILES string of the molecule is Cc1sc(C(=O)O)cc1CNCc1ccccc1. The third-order valence-corrected chi connectivity index (χ3v) is 3.80. The van der Waals surface area contributed by atoms with Crippen LogP contribution >= 0.6 is 11.3 Å². The van der Waals surface area contributed by atoms with E-state index < -0.39 is 5.97 Å². The van der Waals surface area contributed by atoms with Crippen LogP contribution in [-0.4, -0.2) is 11.1 Å². The minimum atomic E-state index is -0.850. The minimum Gasteiger partial charge on any atom is -0.477 e. The molecule has 0 saturated heterocycles. The molecule has 0 atom stereocenters. The van der Waals surface area contributed by atoms with E-state index in [4.69, 9.17) is 5.11 Å². The molecule has 0 bridgehead atoms. The van der Waals surface area contributed by atoms with Gasteiger partial charge in [0.1, 0.15) is 4.88 Å². The van der Waals surface area contributed by atoms with E-state index in [1.54, 1.807) is 6.07 Å². The van der Waals surface area contributed by atoms with Crippen LogP contribution in [0.2, 0.25) is 0 Å². The van der Waals surface area contributed by atoms with E-state index in [9.17, 15) is 4.79 Å². The quantitative estimate of drug-likeness (QED) is 0.869. The first-order valence-corrected chi connectivity index (χ1v) is 6.55. The highest BCUT2D eigenvalue weighted by molar-refractivity contribution is 7.14. The second kappa shape index (κ2) is 5.80. The highest BCUT2D eigenvalue weighted by atomic mass is 32.1. The van der Waals surface area contributed by atoms with Crippen LogP contribution in [0.4, 0.5) is 0 Å². The van der Waals surface area contributed by atoms with Crippen LogP contribution < -0.4 is 5.32 Å². The first-order valence-electron chi connectivity index (χ1n) is 5.74. The maximum atomic E-state index is 10.9. The topological polar surface area (TPSA) is 49.3 Å². The molecule has 1 heterocycles. The molecule has 0 saturated carbocycles. The first-order chi connectivity index (χ1) is 8.66. The largest absolute Gasteiger partial charge is 0.477 e. The van der Waals surface area contributed by atoms with Crippen molar-refractivity contribution in [2.75, 3.05) is 0 Å². The Kier molecular flexibility index (Phi) is 4.12. The van der Waals surface area contributed by atoms with Crippen molar-refractivity contribution >= 4 is 17.3 Å². The lowest BCUT2D eigenvalue weighted by atomic mass is 10.2. The van der Waals surface area contributed by atoms with Crippen molar-refractivity contribution < 1.29 is 9.90 Å². The Bertz CT molecular complexity index is 534. The van der Waals surface area contributed by atoms with Gasteiger partial charge in [-0.2, -0.15) is 0 Å². The van der Waals surface area contributed by atoms with Crippen molar-refractivity contribution in [1.82, 2.24) is 5.32 Å². The van der Waals surface area contributed by atoms with Gasteiger partial charge in [-0.05, 0) is 24.1 Å². The van der Waals surface area contributed by atoms with Crippen molar-refractivity contribution in [2.45, 2.75) is 20.0 Å². The Morgan fingerprint density at radius 2 is 2.00 bits per heavy atom. The zero-order chi connectivity index (χ0) is 13.0. The molecule has 94 valence electrons. The molecule has 3 nitrogen and oxygen atoms in total. The lowest BCUT2D eigenvalue weighted by molar-refractivity contribution is 0.0702. The molecule has 0 amide bonds. The molecule has 18 heavy (non-hydrogen) atoms. The molecular formula is C14H15NO2S. The van der Waals surface area contributed by atoms with Crippen LogP contribution in [0, 0.1) is 6.92 Å². The number of hydrogen-bond acceptors (Lipinski definition) is 3. The lowest BCUT2D eigenvalue weighted by Gasteiger charge is -2.04. The van der Waals surface area contributed by atoms with Gasteiger partial charge in [-0.15, -0.1) is 11.3 Å². The number of carboxylic acids is 1. The van der Waals surface area contributed by atoms with Gasteiger partial charge in [-0.1, -0.05) is 30.3 Å². The molecular weight excluding hydrogens is 246 g/mol. The third kappa shape index (κ3) is 3.18. The van der Waals surface area contributed by atoms with Gasteiger partial charge in [0, 0.05) is 18.0 Å². The summed E-state index contributed by atoms with van der Waals surface area (Å²) in [5.74, 6) is -0.850. The highest BCUT2D eigenvalue weighted by Gasteiger charge is 2.10. The summed E-state index contributed by atoms with van der Waals surface area (Å²) in [5, 5.41) is 12.2. The van der Waals surface area contributed by atoms with E-state index in [1.807, 2.05) is 25.1 Å². The molecule has 0 spiro atoms. The lowest BCUT2D eigenvalue weighted by Crippen LogP contribution is -2.12. The number of carboxylic acid groups (broad SMARTS) is 1. The van der Waals surface area contributed by atoms with Gasteiger partial charge < -0.3 is 10.4 Å². The molecule has 2 N–H and O–H groups in total. The summed E-state index contributed by atoms with van der Waals surface area (Å²) >= 11 is 1.33. The standard InChI is InChI=1S/C14H15NO2S/c1-10-12(7-13(18-10)14(16)17)9-15-8-11-5-3-2-4-6-11/h2-7,15H,8-9H2,1H3,(H,16,17). The Morgan fingerprint density at radius 3 is 2.61 bits per heavy atom. The van der Waals surface area contributed by atoms with Crippen molar-refractivity contribution in [2.24, 2.45) is 0 Å². The van der Waals surface area contributed by atoms with Crippen LogP contribution in [0.3, 0.4) is 0 Å². The zero-order valence-corrected chi connectivity index (χ0v) is 11.0. The fourth-order valence-electron chi connectivity index (χ4n) is 1.74. The monoisotopic (exact) mass is 261 g/mol. The number of benzene rings is 1. The van der Waals surface area contributed by atoms with Crippen LogP contribution in [0.25, 0.3) is 0 Å². The van der Waals surface area contributed by atoms with E-state index in [-0.39, 0.29) is 0 Å². The molecule has 1 aromatic carbocycles. The molecule has 1 aromatic heterocycles. The number of aryl methyl sites for hydroxylation is 1. The number of thiophene rings is 1. The molecule has 0 unspecified atom stereocenters. The summed E-state index contributed by atoms with van der Waals surface area (Å²) in [4.78, 5) is 12.3. The first kappa shape index (κ1) is 12.8. The second-order valence-corrected chi connectivity index (χ2v) is 5.34. The minimum absolute atomic E-state index is 0.406. The predicted octanol–water partition coefficient (Wildman–Crippen LogP) is 3.04. The fraction of sp³-hybridized carbons (Fsp3) is 0.214. The molecule has 0 aliphatic heterocycles. The van der Waals surface area contributed by atoms with Gasteiger partial charge >= 0.3 is 5.97 Å². The normalized spacial score (nSPS) is 10.5. The van der Waals surface area contributed by atoms with E-state index >= 15 is 0 Å².